The first-order valence-electron chi connectivity index (χ1n) is 6.15. The topological polar surface area (TPSA) is 101 Å². The molecule has 2 heterocycles. The van der Waals surface area contributed by atoms with E-state index in [-0.39, 0.29) is 6.61 Å². The van der Waals surface area contributed by atoms with Gasteiger partial charge in [-0.3, -0.25) is 4.79 Å². The number of carbonyl (C=O) groups excluding carboxylic acids is 1. The number of nitrogens with one attached hydrogen (secondary N) is 1. The molecule has 106 valence electrons. The smallest absolute Gasteiger partial charge is 0.241 e. The molecule has 0 aliphatic heterocycles. The van der Waals surface area contributed by atoms with Crippen molar-refractivity contribution in [3.05, 3.63) is 30.1 Å². The van der Waals surface area contributed by atoms with Crippen molar-refractivity contribution in [3.8, 4) is 5.75 Å². The molecule has 0 radical (unpaired) electrons. The van der Waals surface area contributed by atoms with E-state index in [9.17, 15) is 9.90 Å². The van der Waals surface area contributed by atoms with E-state index in [0.717, 1.165) is 10.9 Å². The second-order valence-corrected chi connectivity index (χ2v) is 5.11. The van der Waals surface area contributed by atoms with Crippen LogP contribution in [0.5, 0.6) is 5.75 Å². The minimum atomic E-state index is -0.935. The molecule has 0 bridgehead atoms. The predicted octanol–water partition coefficient (Wildman–Crippen LogP) is 1.21. The van der Waals surface area contributed by atoms with Crippen LogP contribution in [-0.2, 0) is 4.79 Å². The Morgan fingerprint density at radius 2 is 2.35 bits per heavy atom. The summed E-state index contributed by atoms with van der Waals surface area (Å²) < 4.78 is 5.63. The number of carbonyl (C=O) groups is 1. The molecule has 0 aliphatic carbocycles. The fraction of sp³-hybridized carbons (Fsp3) is 0.286. The second kappa shape index (κ2) is 5.34. The zero-order valence-electron chi connectivity index (χ0n) is 11.4. The number of hydrogen-bond donors (Lipinski definition) is 3. The summed E-state index contributed by atoms with van der Waals surface area (Å²) in [5.41, 5.74) is 5.54. The lowest BCUT2D eigenvalue weighted by molar-refractivity contribution is -0.113. The molecule has 0 unspecified atom stereocenters. The third-order valence-corrected chi connectivity index (χ3v) is 2.57. The Bertz CT molecular complexity index is 653. The van der Waals surface area contributed by atoms with E-state index in [2.05, 4.69) is 9.97 Å². The van der Waals surface area contributed by atoms with Gasteiger partial charge in [0.25, 0.3) is 0 Å². The standard InChI is InChI=1S/C14H17N3O3/c1-14(2,19)8-20-10-5-6-16-13-12(10)9(7-17-13)3-4-11(15)18/h3-7,19H,8H2,1-2H3,(H2,15,18)(H,16,17)/b4-3+. The highest BCUT2D eigenvalue weighted by molar-refractivity contribution is 5.96. The molecule has 0 fully saturated rings. The van der Waals surface area contributed by atoms with E-state index < -0.39 is 11.5 Å². The van der Waals surface area contributed by atoms with Crippen molar-refractivity contribution in [2.24, 2.45) is 5.73 Å². The van der Waals surface area contributed by atoms with Crippen molar-refractivity contribution in [2.45, 2.75) is 19.4 Å². The summed E-state index contributed by atoms with van der Waals surface area (Å²) in [5, 5.41) is 10.5. The van der Waals surface area contributed by atoms with Gasteiger partial charge in [-0.1, -0.05) is 0 Å². The normalized spacial score (nSPS) is 12.2. The summed E-state index contributed by atoms with van der Waals surface area (Å²) in [6, 6.07) is 1.71. The first-order valence-corrected chi connectivity index (χ1v) is 6.15. The average molecular weight is 275 g/mol. The summed E-state index contributed by atoms with van der Waals surface area (Å²) in [6.07, 6.45) is 6.20. The highest BCUT2D eigenvalue weighted by Gasteiger charge is 2.16. The molecular formula is C14H17N3O3. The monoisotopic (exact) mass is 275 g/mol. The molecule has 0 atom stereocenters. The lowest BCUT2D eigenvalue weighted by Crippen LogP contribution is -2.27. The molecule has 2 aromatic rings. The van der Waals surface area contributed by atoms with E-state index in [1.807, 2.05) is 0 Å². The van der Waals surface area contributed by atoms with E-state index in [1.165, 1.54) is 6.08 Å². The van der Waals surface area contributed by atoms with Crippen molar-refractivity contribution in [2.75, 3.05) is 6.61 Å². The van der Waals surface area contributed by atoms with Crippen LogP contribution in [0.3, 0.4) is 0 Å². The maximum Gasteiger partial charge on any atom is 0.241 e. The molecular weight excluding hydrogens is 258 g/mol. The molecule has 0 spiro atoms. The number of pyridine rings is 1. The van der Waals surface area contributed by atoms with Crippen molar-refractivity contribution < 1.29 is 14.6 Å². The minimum absolute atomic E-state index is 0.149. The SMILES string of the molecule is CC(C)(O)COc1ccnc2[nH]cc(/C=C/C(N)=O)c12. The predicted molar refractivity (Wildman–Crippen MR) is 76.1 cm³/mol. The largest absolute Gasteiger partial charge is 0.490 e. The summed E-state index contributed by atoms with van der Waals surface area (Å²) in [7, 11) is 0. The Kier molecular flexibility index (Phi) is 3.76. The fourth-order valence-electron chi connectivity index (χ4n) is 1.73. The van der Waals surface area contributed by atoms with Gasteiger partial charge in [-0.25, -0.2) is 4.98 Å². The number of aliphatic hydroxyl groups is 1. The lowest BCUT2D eigenvalue weighted by atomic mass is 10.1. The van der Waals surface area contributed by atoms with Gasteiger partial charge in [0.15, 0.2) is 0 Å². The number of rotatable bonds is 5. The van der Waals surface area contributed by atoms with Gasteiger partial charge in [-0.15, -0.1) is 0 Å². The summed E-state index contributed by atoms with van der Waals surface area (Å²) in [5.74, 6) is 0.0599. The first kappa shape index (κ1) is 14.1. The van der Waals surface area contributed by atoms with Crippen molar-refractivity contribution in [1.29, 1.82) is 0 Å². The maximum atomic E-state index is 10.8. The van der Waals surface area contributed by atoms with E-state index >= 15 is 0 Å². The molecule has 0 aliphatic rings. The lowest BCUT2D eigenvalue weighted by Gasteiger charge is -2.18. The quantitative estimate of drug-likeness (QED) is 0.714. The molecule has 6 nitrogen and oxygen atoms in total. The van der Waals surface area contributed by atoms with Crippen LogP contribution >= 0.6 is 0 Å². The summed E-state index contributed by atoms with van der Waals surface area (Å²) >= 11 is 0. The van der Waals surface area contributed by atoms with Gasteiger partial charge in [-0.05, 0) is 26.0 Å². The van der Waals surface area contributed by atoms with Gasteiger partial charge in [0, 0.05) is 24.0 Å². The third-order valence-electron chi connectivity index (χ3n) is 2.57. The molecule has 6 heteroatoms. The highest BCUT2D eigenvalue weighted by Crippen LogP contribution is 2.28. The number of H-pyrrole nitrogens is 1. The molecule has 0 saturated heterocycles. The zero-order chi connectivity index (χ0) is 14.8. The van der Waals surface area contributed by atoms with Crippen LogP contribution in [0.1, 0.15) is 19.4 Å². The van der Waals surface area contributed by atoms with Gasteiger partial charge >= 0.3 is 0 Å². The molecule has 1 amide bonds. The number of hydrogen-bond acceptors (Lipinski definition) is 4. The number of fused-ring (bicyclic) bond motifs is 1. The van der Waals surface area contributed by atoms with Crippen LogP contribution in [0.4, 0.5) is 0 Å². The minimum Gasteiger partial charge on any atom is -0.490 e. The van der Waals surface area contributed by atoms with Crippen molar-refractivity contribution in [1.82, 2.24) is 9.97 Å². The van der Waals surface area contributed by atoms with Crippen LogP contribution in [0.25, 0.3) is 17.1 Å². The fourth-order valence-corrected chi connectivity index (χ4v) is 1.73. The van der Waals surface area contributed by atoms with Gasteiger partial charge < -0.3 is 20.6 Å². The Balaban J connectivity index is 2.39. The molecule has 0 aromatic carbocycles. The summed E-state index contributed by atoms with van der Waals surface area (Å²) in [4.78, 5) is 18.0. The average Bonchev–Trinajstić information content (AvgIpc) is 2.76. The number of primary amides is 1. The van der Waals surface area contributed by atoms with Crippen LogP contribution in [0.15, 0.2) is 24.5 Å². The molecule has 2 aromatic heterocycles. The zero-order valence-corrected chi connectivity index (χ0v) is 11.4. The Hall–Kier alpha value is -2.34. The number of aromatic nitrogens is 2. The maximum absolute atomic E-state index is 10.8. The summed E-state index contributed by atoms with van der Waals surface area (Å²) in [6.45, 7) is 3.48. The van der Waals surface area contributed by atoms with Crippen LogP contribution < -0.4 is 10.5 Å². The second-order valence-electron chi connectivity index (χ2n) is 5.11. The van der Waals surface area contributed by atoms with Gasteiger partial charge in [-0.2, -0.15) is 0 Å². The number of nitrogens with zero attached hydrogens (tertiary/aromatic N) is 1. The third kappa shape index (κ3) is 3.36. The first-order chi connectivity index (χ1) is 9.37. The van der Waals surface area contributed by atoms with E-state index in [0.29, 0.717) is 11.4 Å². The number of aromatic amines is 1. The van der Waals surface area contributed by atoms with Gasteiger partial charge in [0.2, 0.25) is 5.91 Å². The van der Waals surface area contributed by atoms with Crippen molar-refractivity contribution in [3.63, 3.8) is 0 Å². The molecule has 4 N–H and O–H groups in total. The molecule has 2 rings (SSSR count). The van der Waals surface area contributed by atoms with Gasteiger partial charge in [0.05, 0.1) is 11.0 Å². The number of nitrogens with two attached hydrogens (primary N) is 1. The van der Waals surface area contributed by atoms with E-state index in [1.54, 1.807) is 38.4 Å². The van der Waals surface area contributed by atoms with Gasteiger partial charge in [0.1, 0.15) is 18.0 Å². The van der Waals surface area contributed by atoms with Crippen molar-refractivity contribution >= 4 is 23.0 Å². The Labute approximate surface area is 116 Å². The van der Waals surface area contributed by atoms with Crippen LogP contribution in [0.2, 0.25) is 0 Å². The molecule has 0 saturated carbocycles. The van der Waals surface area contributed by atoms with Crippen LogP contribution in [-0.4, -0.2) is 33.2 Å². The number of amides is 1. The number of ether oxygens (including phenoxy) is 1. The van der Waals surface area contributed by atoms with Crippen LogP contribution in [0, 0.1) is 0 Å². The Morgan fingerprint density at radius 1 is 1.60 bits per heavy atom. The molecule has 20 heavy (non-hydrogen) atoms. The Morgan fingerprint density at radius 3 is 3.00 bits per heavy atom. The highest BCUT2D eigenvalue weighted by atomic mass is 16.5. The van der Waals surface area contributed by atoms with E-state index in [4.69, 9.17) is 10.5 Å².